The fourth-order valence-corrected chi connectivity index (χ4v) is 4.27. The molecule has 0 aliphatic carbocycles. The average molecular weight is 403 g/mol. The standard InChI is InChI=1S/C22H25N7O/c1-28-14-16(13-24-28)22-27-26-20-8-7-17(10-11-29(20)22)25-21(30)9-6-15-12-23-19-5-3-2-4-18(15)19/h2-5,12-14,17,23H,6-11H2,1H3,(H,25,30). The van der Waals surface area contributed by atoms with E-state index in [1.807, 2.05) is 37.8 Å². The SMILES string of the molecule is Cn1cc(-c2nnc3n2CCC(NC(=O)CCc2c[nH]c4ccccc24)CC3)cn1. The Morgan fingerprint density at radius 2 is 2.17 bits per heavy atom. The van der Waals surface area contributed by atoms with Gasteiger partial charge in [-0.1, -0.05) is 18.2 Å². The summed E-state index contributed by atoms with van der Waals surface area (Å²) in [5.41, 5.74) is 3.27. The number of nitrogens with one attached hydrogen (secondary N) is 2. The highest BCUT2D eigenvalue weighted by Gasteiger charge is 2.22. The molecule has 1 aliphatic heterocycles. The van der Waals surface area contributed by atoms with E-state index in [-0.39, 0.29) is 11.9 Å². The predicted octanol–water partition coefficient (Wildman–Crippen LogP) is 2.61. The Balaban J connectivity index is 1.19. The van der Waals surface area contributed by atoms with Crippen LogP contribution in [-0.2, 0) is 31.2 Å². The second-order valence-electron chi connectivity index (χ2n) is 7.95. The van der Waals surface area contributed by atoms with Crippen LogP contribution < -0.4 is 5.32 Å². The number of nitrogens with zero attached hydrogens (tertiary/aromatic N) is 5. The summed E-state index contributed by atoms with van der Waals surface area (Å²) >= 11 is 0. The molecule has 5 rings (SSSR count). The number of fused-ring (bicyclic) bond motifs is 2. The van der Waals surface area contributed by atoms with Crippen LogP contribution in [0.15, 0.2) is 42.9 Å². The summed E-state index contributed by atoms with van der Waals surface area (Å²) in [6, 6.07) is 8.36. The summed E-state index contributed by atoms with van der Waals surface area (Å²) < 4.78 is 3.93. The molecular weight excluding hydrogens is 378 g/mol. The Bertz CT molecular complexity index is 1190. The van der Waals surface area contributed by atoms with Gasteiger partial charge in [-0.25, -0.2) is 0 Å². The minimum absolute atomic E-state index is 0.107. The molecular formula is C22H25N7O. The first-order chi connectivity index (χ1) is 14.7. The van der Waals surface area contributed by atoms with Gasteiger partial charge in [0.1, 0.15) is 5.82 Å². The van der Waals surface area contributed by atoms with E-state index in [2.05, 4.69) is 42.3 Å². The number of para-hydroxylation sites is 1. The van der Waals surface area contributed by atoms with Gasteiger partial charge in [0.25, 0.3) is 0 Å². The molecule has 8 nitrogen and oxygen atoms in total. The molecule has 0 saturated carbocycles. The summed E-state index contributed by atoms with van der Waals surface area (Å²) in [7, 11) is 1.89. The Kier molecular flexibility index (Phi) is 4.82. The highest BCUT2D eigenvalue weighted by atomic mass is 16.1. The van der Waals surface area contributed by atoms with Crippen molar-refractivity contribution in [2.45, 2.75) is 44.7 Å². The monoisotopic (exact) mass is 403 g/mol. The number of aromatic nitrogens is 6. The summed E-state index contributed by atoms with van der Waals surface area (Å²) in [6.07, 6.45) is 9.56. The van der Waals surface area contributed by atoms with Crippen molar-refractivity contribution in [3.63, 3.8) is 0 Å². The molecule has 154 valence electrons. The number of aryl methyl sites for hydroxylation is 3. The van der Waals surface area contributed by atoms with Crippen molar-refractivity contribution in [2.24, 2.45) is 7.05 Å². The first-order valence-corrected chi connectivity index (χ1v) is 10.4. The molecule has 0 bridgehead atoms. The third-order valence-electron chi connectivity index (χ3n) is 5.87. The van der Waals surface area contributed by atoms with Gasteiger partial charge in [0.2, 0.25) is 5.91 Å². The van der Waals surface area contributed by atoms with E-state index < -0.39 is 0 Å². The van der Waals surface area contributed by atoms with Crippen LogP contribution in [0.25, 0.3) is 22.3 Å². The van der Waals surface area contributed by atoms with E-state index in [1.165, 1.54) is 10.9 Å². The first kappa shape index (κ1) is 18.6. The second kappa shape index (κ2) is 7.78. The first-order valence-electron chi connectivity index (χ1n) is 10.4. The molecule has 2 N–H and O–H groups in total. The van der Waals surface area contributed by atoms with Crippen molar-refractivity contribution >= 4 is 16.8 Å². The second-order valence-corrected chi connectivity index (χ2v) is 7.95. The van der Waals surface area contributed by atoms with Crippen LogP contribution in [0.2, 0.25) is 0 Å². The van der Waals surface area contributed by atoms with Crippen molar-refractivity contribution in [1.82, 2.24) is 34.8 Å². The fraction of sp³-hybridized carbons (Fsp3) is 0.364. The molecule has 1 aromatic carbocycles. The van der Waals surface area contributed by atoms with E-state index in [9.17, 15) is 4.79 Å². The van der Waals surface area contributed by atoms with Crippen LogP contribution >= 0.6 is 0 Å². The Labute approximate surface area is 174 Å². The molecule has 1 amide bonds. The number of hydrogen-bond acceptors (Lipinski definition) is 4. The van der Waals surface area contributed by atoms with Gasteiger partial charge in [0, 0.05) is 55.8 Å². The molecule has 8 heteroatoms. The average Bonchev–Trinajstić information content (AvgIpc) is 3.44. The maximum absolute atomic E-state index is 12.6. The lowest BCUT2D eigenvalue weighted by atomic mass is 10.1. The summed E-state index contributed by atoms with van der Waals surface area (Å²) in [6.45, 7) is 0.792. The van der Waals surface area contributed by atoms with Crippen LogP contribution in [0.1, 0.15) is 30.7 Å². The fourth-order valence-electron chi connectivity index (χ4n) is 4.27. The molecule has 4 aromatic rings. The number of hydrogen-bond donors (Lipinski definition) is 2. The van der Waals surface area contributed by atoms with Crippen LogP contribution in [0.5, 0.6) is 0 Å². The van der Waals surface area contributed by atoms with Crippen molar-refractivity contribution in [3.8, 4) is 11.4 Å². The van der Waals surface area contributed by atoms with Gasteiger partial charge in [-0.2, -0.15) is 5.10 Å². The minimum atomic E-state index is 0.107. The Morgan fingerprint density at radius 1 is 1.27 bits per heavy atom. The minimum Gasteiger partial charge on any atom is -0.361 e. The number of carbonyl (C=O) groups excluding carboxylic acids is 1. The lowest BCUT2D eigenvalue weighted by Crippen LogP contribution is -2.35. The van der Waals surface area contributed by atoms with Gasteiger partial charge in [-0.05, 0) is 30.9 Å². The number of amides is 1. The van der Waals surface area contributed by atoms with Crippen molar-refractivity contribution in [3.05, 3.63) is 54.2 Å². The van der Waals surface area contributed by atoms with Crippen LogP contribution in [-0.4, -0.2) is 41.5 Å². The number of H-pyrrole nitrogens is 1. The van der Waals surface area contributed by atoms with E-state index in [1.54, 1.807) is 4.68 Å². The quantitative estimate of drug-likeness (QED) is 0.536. The maximum Gasteiger partial charge on any atom is 0.220 e. The molecule has 0 spiro atoms. The molecule has 4 heterocycles. The molecule has 0 radical (unpaired) electrons. The number of rotatable bonds is 5. The van der Waals surface area contributed by atoms with Crippen LogP contribution in [0.4, 0.5) is 0 Å². The van der Waals surface area contributed by atoms with Crippen LogP contribution in [0, 0.1) is 0 Å². The number of benzene rings is 1. The molecule has 0 saturated heterocycles. The van der Waals surface area contributed by atoms with Gasteiger partial charge in [0.05, 0.1) is 11.8 Å². The van der Waals surface area contributed by atoms with Gasteiger partial charge >= 0.3 is 0 Å². The number of aromatic amines is 1. The Morgan fingerprint density at radius 3 is 3.03 bits per heavy atom. The third kappa shape index (κ3) is 3.60. The molecule has 1 atom stereocenters. The zero-order chi connectivity index (χ0) is 20.5. The topological polar surface area (TPSA) is 93.4 Å². The summed E-state index contributed by atoms with van der Waals surface area (Å²) in [4.78, 5) is 15.9. The molecule has 1 unspecified atom stereocenters. The highest BCUT2D eigenvalue weighted by molar-refractivity contribution is 5.84. The highest BCUT2D eigenvalue weighted by Crippen LogP contribution is 2.23. The van der Waals surface area contributed by atoms with E-state index in [0.717, 1.165) is 55.0 Å². The van der Waals surface area contributed by atoms with Crippen molar-refractivity contribution in [2.75, 3.05) is 0 Å². The third-order valence-corrected chi connectivity index (χ3v) is 5.87. The van der Waals surface area contributed by atoms with E-state index in [0.29, 0.717) is 6.42 Å². The zero-order valence-corrected chi connectivity index (χ0v) is 17.0. The normalized spacial score (nSPS) is 16.4. The molecule has 0 fully saturated rings. The molecule has 30 heavy (non-hydrogen) atoms. The summed E-state index contributed by atoms with van der Waals surface area (Å²) in [5.74, 6) is 1.93. The maximum atomic E-state index is 12.6. The van der Waals surface area contributed by atoms with Gasteiger partial charge in [-0.15, -0.1) is 10.2 Å². The zero-order valence-electron chi connectivity index (χ0n) is 17.0. The predicted molar refractivity (Wildman–Crippen MR) is 114 cm³/mol. The van der Waals surface area contributed by atoms with Crippen molar-refractivity contribution < 1.29 is 4.79 Å². The van der Waals surface area contributed by atoms with Crippen LogP contribution in [0.3, 0.4) is 0 Å². The van der Waals surface area contributed by atoms with Crippen molar-refractivity contribution in [1.29, 1.82) is 0 Å². The molecule has 3 aromatic heterocycles. The van der Waals surface area contributed by atoms with Gasteiger partial charge in [-0.3, -0.25) is 9.48 Å². The summed E-state index contributed by atoms with van der Waals surface area (Å²) in [5, 5.41) is 17.4. The smallest absolute Gasteiger partial charge is 0.220 e. The van der Waals surface area contributed by atoms with Gasteiger partial charge < -0.3 is 14.9 Å². The van der Waals surface area contributed by atoms with E-state index in [4.69, 9.17) is 0 Å². The number of carbonyl (C=O) groups is 1. The largest absolute Gasteiger partial charge is 0.361 e. The lowest BCUT2D eigenvalue weighted by Gasteiger charge is -2.16. The molecule has 1 aliphatic rings. The lowest BCUT2D eigenvalue weighted by molar-refractivity contribution is -0.121. The Hall–Kier alpha value is -3.42. The van der Waals surface area contributed by atoms with E-state index >= 15 is 0 Å². The van der Waals surface area contributed by atoms with Gasteiger partial charge in [0.15, 0.2) is 5.82 Å².